The van der Waals surface area contributed by atoms with Crippen LogP contribution in [-0.4, -0.2) is 53.2 Å². The van der Waals surface area contributed by atoms with Crippen LogP contribution in [0.15, 0.2) is 58.6 Å². The number of nitrogens with one attached hydrogen (secondary N) is 1. The maximum absolute atomic E-state index is 12.5. The molecule has 0 saturated carbocycles. The summed E-state index contributed by atoms with van der Waals surface area (Å²) in [6, 6.07) is 13.8. The molecule has 0 atom stereocenters. The van der Waals surface area contributed by atoms with Gasteiger partial charge >= 0.3 is 0 Å². The monoisotopic (exact) mass is 465 g/mol. The van der Waals surface area contributed by atoms with Gasteiger partial charge in [0.2, 0.25) is 15.9 Å². The highest BCUT2D eigenvalue weighted by Crippen LogP contribution is 2.27. The molecule has 3 aromatic rings. The summed E-state index contributed by atoms with van der Waals surface area (Å²) < 4.78 is 27.6. The van der Waals surface area contributed by atoms with Crippen LogP contribution >= 0.6 is 23.4 Å². The standard InChI is InChI=1S/C19H20ClN5O3S2/c1-13-22-23-19(25(13)14-7-5-4-6-8-14)29-12-18(26)21-17-11-15(9-10-16(17)20)30(27,28)24(2)3/h4-11H,12H2,1-3H3,(H,21,26). The summed E-state index contributed by atoms with van der Waals surface area (Å²) in [6.45, 7) is 1.83. The first kappa shape index (κ1) is 22.3. The van der Waals surface area contributed by atoms with E-state index in [9.17, 15) is 13.2 Å². The minimum atomic E-state index is -3.64. The van der Waals surface area contributed by atoms with Gasteiger partial charge in [0, 0.05) is 19.8 Å². The number of thioether (sulfide) groups is 1. The molecular weight excluding hydrogens is 446 g/mol. The van der Waals surface area contributed by atoms with E-state index in [1.807, 2.05) is 41.8 Å². The number of halogens is 1. The molecule has 1 N–H and O–H groups in total. The summed E-state index contributed by atoms with van der Waals surface area (Å²) in [5.41, 5.74) is 1.12. The van der Waals surface area contributed by atoms with Gasteiger partial charge in [0.1, 0.15) is 5.82 Å². The third kappa shape index (κ3) is 4.84. The summed E-state index contributed by atoms with van der Waals surface area (Å²) >= 11 is 7.36. The van der Waals surface area contributed by atoms with Crippen LogP contribution in [0.25, 0.3) is 5.69 Å². The largest absolute Gasteiger partial charge is 0.324 e. The van der Waals surface area contributed by atoms with Crippen molar-refractivity contribution in [3.63, 3.8) is 0 Å². The van der Waals surface area contributed by atoms with Gasteiger partial charge in [-0.15, -0.1) is 10.2 Å². The van der Waals surface area contributed by atoms with E-state index in [0.29, 0.717) is 11.0 Å². The van der Waals surface area contributed by atoms with Gasteiger partial charge < -0.3 is 5.32 Å². The van der Waals surface area contributed by atoms with E-state index in [1.165, 1.54) is 44.1 Å². The first-order valence-electron chi connectivity index (χ1n) is 8.82. The molecule has 1 aromatic heterocycles. The fraction of sp³-hybridized carbons (Fsp3) is 0.211. The first-order chi connectivity index (χ1) is 14.2. The highest BCUT2D eigenvalue weighted by Gasteiger charge is 2.19. The lowest BCUT2D eigenvalue weighted by molar-refractivity contribution is -0.113. The van der Waals surface area contributed by atoms with E-state index >= 15 is 0 Å². The van der Waals surface area contributed by atoms with Crippen molar-refractivity contribution in [2.24, 2.45) is 0 Å². The Labute approximate surface area is 184 Å². The number of benzene rings is 2. The van der Waals surface area contributed by atoms with Crippen LogP contribution in [0.5, 0.6) is 0 Å². The van der Waals surface area contributed by atoms with Crippen molar-refractivity contribution in [2.45, 2.75) is 17.0 Å². The predicted octanol–water partition coefficient (Wildman–Crippen LogP) is 3.21. The maximum Gasteiger partial charge on any atom is 0.242 e. The minimum Gasteiger partial charge on any atom is -0.324 e. The molecule has 1 heterocycles. The van der Waals surface area contributed by atoms with Crippen LogP contribution in [0.4, 0.5) is 5.69 Å². The van der Waals surface area contributed by atoms with Crippen molar-refractivity contribution in [3.8, 4) is 5.69 Å². The number of amides is 1. The van der Waals surface area contributed by atoms with E-state index in [4.69, 9.17) is 11.6 Å². The number of hydrogen-bond acceptors (Lipinski definition) is 6. The number of nitrogens with zero attached hydrogens (tertiary/aromatic N) is 4. The number of para-hydroxylation sites is 1. The molecule has 11 heteroatoms. The summed E-state index contributed by atoms with van der Waals surface area (Å²) in [5.74, 6) is 0.404. The van der Waals surface area contributed by atoms with Gasteiger partial charge in [0.05, 0.1) is 21.4 Å². The Balaban J connectivity index is 1.74. The van der Waals surface area contributed by atoms with Crippen LogP contribution in [0, 0.1) is 6.92 Å². The molecule has 0 aliphatic rings. The number of carbonyl (C=O) groups excluding carboxylic acids is 1. The van der Waals surface area contributed by atoms with Gasteiger partial charge in [0.15, 0.2) is 5.16 Å². The molecule has 0 radical (unpaired) electrons. The van der Waals surface area contributed by atoms with Crippen LogP contribution < -0.4 is 5.32 Å². The molecule has 0 aliphatic heterocycles. The third-order valence-corrected chi connectivity index (χ3v) is 7.20. The summed E-state index contributed by atoms with van der Waals surface area (Å²) in [5, 5.41) is 11.7. The number of anilines is 1. The van der Waals surface area contributed by atoms with Crippen molar-refractivity contribution in [2.75, 3.05) is 25.2 Å². The predicted molar refractivity (Wildman–Crippen MR) is 118 cm³/mol. The number of aromatic nitrogens is 3. The van der Waals surface area contributed by atoms with Gasteiger partial charge in [-0.25, -0.2) is 12.7 Å². The smallest absolute Gasteiger partial charge is 0.242 e. The van der Waals surface area contributed by atoms with E-state index in [0.717, 1.165) is 9.99 Å². The van der Waals surface area contributed by atoms with Gasteiger partial charge in [-0.05, 0) is 37.3 Å². The second-order valence-electron chi connectivity index (χ2n) is 6.47. The van der Waals surface area contributed by atoms with Crippen molar-refractivity contribution in [1.29, 1.82) is 0 Å². The van der Waals surface area contributed by atoms with Gasteiger partial charge in [-0.2, -0.15) is 0 Å². The number of aryl methyl sites for hydroxylation is 1. The second kappa shape index (κ2) is 9.17. The molecule has 2 aromatic carbocycles. The Morgan fingerprint density at radius 2 is 1.87 bits per heavy atom. The van der Waals surface area contributed by atoms with Crippen LogP contribution in [0.1, 0.15) is 5.82 Å². The van der Waals surface area contributed by atoms with Gasteiger partial charge in [-0.1, -0.05) is 41.6 Å². The molecule has 0 unspecified atom stereocenters. The lowest BCUT2D eigenvalue weighted by Gasteiger charge is -2.14. The van der Waals surface area contributed by atoms with Crippen molar-refractivity contribution < 1.29 is 13.2 Å². The maximum atomic E-state index is 12.5. The first-order valence-corrected chi connectivity index (χ1v) is 11.6. The molecule has 8 nitrogen and oxygen atoms in total. The molecule has 30 heavy (non-hydrogen) atoms. The van der Waals surface area contributed by atoms with Gasteiger partial charge in [0.25, 0.3) is 0 Å². The van der Waals surface area contributed by atoms with Crippen LogP contribution in [-0.2, 0) is 14.8 Å². The Bertz CT molecular complexity index is 1160. The molecule has 0 bridgehead atoms. The minimum absolute atomic E-state index is 0.0410. The summed E-state index contributed by atoms with van der Waals surface area (Å²) in [6.07, 6.45) is 0. The molecule has 3 rings (SSSR count). The number of sulfonamides is 1. The zero-order chi connectivity index (χ0) is 21.9. The fourth-order valence-corrected chi connectivity index (χ4v) is 4.49. The van der Waals surface area contributed by atoms with E-state index in [1.54, 1.807) is 0 Å². The zero-order valence-electron chi connectivity index (χ0n) is 16.5. The number of carbonyl (C=O) groups is 1. The fourth-order valence-electron chi connectivity index (χ4n) is 2.60. The molecule has 1 amide bonds. The Kier molecular flexibility index (Phi) is 6.81. The number of hydrogen-bond donors (Lipinski definition) is 1. The molecule has 0 aliphatic carbocycles. The third-order valence-electron chi connectivity index (χ3n) is 4.13. The summed E-state index contributed by atoms with van der Waals surface area (Å²) in [7, 11) is -0.776. The summed E-state index contributed by atoms with van der Waals surface area (Å²) in [4.78, 5) is 12.5. The van der Waals surface area contributed by atoms with Crippen LogP contribution in [0.3, 0.4) is 0 Å². The van der Waals surface area contributed by atoms with E-state index in [-0.39, 0.29) is 27.3 Å². The molecule has 0 spiro atoms. The Morgan fingerprint density at radius 1 is 1.17 bits per heavy atom. The number of rotatable bonds is 7. The van der Waals surface area contributed by atoms with Crippen molar-refractivity contribution in [1.82, 2.24) is 19.1 Å². The lowest BCUT2D eigenvalue weighted by Crippen LogP contribution is -2.22. The average Bonchev–Trinajstić information content (AvgIpc) is 3.09. The highest BCUT2D eigenvalue weighted by molar-refractivity contribution is 7.99. The topological polar surface area (TPSA) is 97.2 Å². The quantitative estimate of drug-likeness (QED) is 0.538. The lowest BCUT2D eigenvalue weighted by atomic mass is 10.3. The molecule has 0 fully saturated rings. The second-order valence-corrected chi connectivity index (χ2v) is 9.97. The van der Waals surface area contributed by atoms with E-state index < -0.39 is 10.0 Å². The van der Waals surface area contributed by atoms with E-state index in [2.05, 4.69) is 15.5 Å². The van der Waals surface area contributed by atoms with Crippen LogP contribution in [0.2, 0.25) is 5.02 Å². The Hall–Kier alpha value is -2.40. The van der Waals surface area contributed by atoms with Crippen molar-refractivity contribution in [3.05, 3.63) is 59.4 Å². The van der Waals surface area contributed by atoms with Gasteiger partial charge in [-0.3, -0.25) is 9.36 Å². The normalized spacial score (nSPS) is 11.6. The zero-order valence-corrected chi connectivity index (χ0v) is 18.9. The highest BCUT2D eigenvalue weighted by atomic mass is 35.5. The SMILES string of the molecule is Cc1nnc(SCC(=O)Nc2cc(S(=O)(=O)N(C)C)ccc2Cl)n1-c1ccccc1. The average molecular weight is 466 g/mol. The molecule has 0 saturated heterocycles. The van der Waals surface area contributed by atoms with Crippen molar-refractivity contribution >= 4 is 45.0 Å². The molecular formula is C19H20ClN5O3S2. The Morgan fingerprint density at radius 3 is 2.53 bits per heavy atom. The molecule has 158 valence electrons.